The van der Waals surface area contributed by atoms with Gasteiger partial charge in [0.05, 0.1) is 6.04 Å². The third-order valence-corrected chi connectivity index (χ3v) is 8.77. The van der Waals surface area contributed by atoms with E-state index >= 15 is 0 Å². The lowest BCUT2D eigenvalue weighted by Gasteiger charge is -2.37. The Hall–Kier alpha value is -2.67. The second-order valence-corrected chi connectivity index (χ2v) is 11.8. The van der Waals surface area contributed by atoms with E-state index in [9.17, 15) is 9.59 Å². The largest absolute Gasteiger partial charge is 0.382 e. The second-order valence-electron chi connectivity index (χ2n) is 10.4. The summed E-state index contributed by atoms with van der Waals surface area (Å²) in [5.41, 5.74) is 4.06. The summed E-state index contributed by atoms with van der Waals surface area (Å²) < 4.78 is 5.53. The third kappa shape index (κ3) is 7.96. The molecule has 1 atom stereocenters. The van der Waals surface area contributed by atoms with Gasteiger partial charge in [0.1, 0.15) is 6.54 Å². The van der Waals surface area contributed by atoms with Gasteiger partial charge in [-0.3, -0.25) is 9.59 Å². The van der Waals surface area contributed by atoms with E-state index in [4.69, 9.17) is 16.3 Å². The molecule has 1 aliphatic rings. The summed E-state index contributed by atoms with van der Waals surface area (Å²) in [6.07, 6.45) is 7.39. The highest BCUT2D eigenvalue weighted by molar-refractivity contribution is 7.10. The first-order chi connectivity index (χ1) is 19.5. The molecule has 4 rings (SSSR count). The Morgan fingerprint density at radius 1 is 1.00 bits per heavy atom. The van der Waals surface area contributed by atoms with Crippen molar-refractivity contribution in [1.82, 2.24) is 9.80 Å². The van der Waals surface area contributed by atoms with Crippen molar-refractivity contribution in [1.29, 1.82) is 0 Å². The van der Waals surface area contributed by atoms with Gasteiger partial charge in [-0.2, -0.15) is 0 Å². The monoisotopic (exact) mass is 580 g/mol. The van der Waals surface area contributed by atoms with Crippen molar-refractivity contribution in [3.63, 3.8) is 0 Å². The Bertz CT molecular complexity index is 1230. The molecule has 2 heterocycles. The molecule has 5 nitrogen and oxygen atoms in total. The van der Waals surface area contributed by atoms with Crippen LogP contribution < -0.4 is 0 Å². The number of ether oxygens (including phenoxy) is 1. The number of carbonyl (C=O) groups excluding carboxylic acids is 2. The predicted octanol–water partition coefficient (Wildman–Crippen LogP) is 7.57. The molecule has 0 saturated carbocycles. The maximum atomic E-state index is 13.9. The van der Waals surface area contributed by atoms with Crippen LogP contribution in [0, 0.1) is 0 Å². The van der Waals surface area contributed by atoms with Crippen LogP contribution in [0.3, 0.4) is 0 Å². The van der Waals surface area contributed by atoms with Crippen molar-refractivity contribution < 1.29 is 14.3 Å². The summed E-state index contributed by atoms with van der Waals surface area (Å²) in [5, 5.41) is 2.76. The number of thiophene rings is 1. The van der Waals surface area contributed by atoms with E-state index in [0.29, 0.717) is 43.3 Å². The zero-order chi connectivity index (χ0) is 28.3. The third-order valence-electron chi connectivity index (χ3n) is 7.53. The van der Waals surface area contributed by atoms with Gasteiger partial charge < -0.3 is 14.5 Å². The molecule has 0 radical (unpaired) electrons. The number of hydrogen-bond donors (Lipinski definition) is 0. The fourth-order valence-corrected chi connectivity index (χ4v) is 6.38. The minimum Gasteiger partial charge on any atom is -0.382 e. The average Bonchev–Trinajstić information content (AvgIpc) is 3.46. The highest BCUT2D eigenvalue weighted by atomic mass is 35.5. The highest BCUT2D eigenvalue weighted by Crippen LogP contribution is 2.38. The number of benzene rings is 2. The molecule has 7 heteroatoms. The van der Waals surface area contributed by atoms with Gasteiger partial charge >= 0.3 is 0 Å². The van der Waals surface area contributed by atoms with Crippen LogP contribution in [0.25, 0.3) is 0 Å². The summed E-state index contributed by atoms with van der Waals surface area (Å²) in [4.78, 5) is 32.5. The van der Waals surface area contributed by atoms with E-state index in [1.165, 1.54) is 29.7 Å². The molecule has 0 fully saturated rings. The first-order valence-corrected chi connectivity index (χ1v) is 15.8. The van der Waals surface area contributed by atoms with Gasteiger partial charge in [0, 0.05) is 41.8 Å². The molecular formula is C33H41ClN2O3S. The summed E-state index contributed by atoms with van der Waals surface area (Å²) in [6, 6.07) is 17.6. The summed E-state index contributed by atoms with van der Waals surface area (Å²) >= 11 is 7.91. The van der Waals surface area contributed by atoms with Crippen LogP contribution in [0.4, 0.5) is 0 Å². The molecule has 0 spiro atoms. The van der Waals surface area contributed by atoms with Crippen molar-refractivity contribution in [3.8, 4) is 0 Å². The minimum atomic E-state index is -0.188. The Kier molecular flexibility index (Phi) is 11.6. The molecule has 214 valence electrons. The number of fused-ring (bicyclic) bond motifs is 1. The van der Waals surface area contributed by atoms with Gasteiger partial charge in [-0.25, -0.2) is 0 Å². The van der Waals surface area contributed by atoms with Crippen LogP contribution in [0.15, 0.2) is 60.0 Å². The topological polar surface area (TPSA) is 49.9 Å². The zero-order valence-corrected chi connectivity index (χ0v) is 25.3. The van der Waals surface area contributed by atoms with Crippen LogP contribution >= 0.6 is 22.9 Å². The number of hydrogen-bond acceptors (Lipinski definition) is 4. The van der Waals surface area contributed by atoms with Crippen molar-refractivity contribution in [2.75, 3.05) is 32.8 Å². The Labute approximate surface area is 248 Å². The summed E-state index contributed by atoms with van der Waals surface area (Å²) in [5.74, 6) is -0.159. The molecular weight excluding hydrogens is 540 g/mol. The molecule has 2 aromatic carbocycles. The fraction of sp³-hybridized carbons (Fsp3) is 0.455. The number of aryl methyl sites for hydroxylation is 1. The quantitative estimate of drug-likeness (QED) is 0.185. The molecule has 40 heavy (non-hydrogen) atoms. The SMILES string of the molecule is CCCCCCc1ccc(C(=O)N(CCCOCC)CC(=O)N2CCc3sccc3[C@@H]2c2ccc(Cl)cc2)cc1. The molecule has 1 aromatic heterocycles. The number of nitrogens with zero attached hydrogens (tertiary/aromatic N) is 2. The first-order valence-electron chi connectivity index (χ1n) is 14.6. The lowest BCUT2D eigenvalue weighted by Crippen LogP contribution is -2.47. The highest BCUT2D eigenvalue weighted by Gasteiger charge is 2.34. The second kappa shape index (κ2) is 15.4. The van der Waals surface area contributed by atoms with Gasteiger partial charge in [-0.15, -0.1) is 11.3 Å². The van der Waals surface area contributed by atoms with Gasteiger partial charge in [0.25, 0.3) is 5.91 Å². The van der Waals surface area contributed by atoms with Gasteiger partial charge in [0.2, 0.25) is 5.91 Å². The molecule has 0 N–H and O–H groups in total. The Balaban J connectivity index is 1.51. The van der Waals surface area contributed by atoms with Crippen molar-refractivity contribution >= 4 is 34.8 Å². The van der Waals surface area contributed by atoms with Gasteiger partial charge in [-0.05, 0) is 85.0 Å². The molecule has 3 aromatic rings. The smallest absolute Gasteiger partial charge is 0.254 e. The Morgan fingerprint density at radius 2 is 1.77 bits per heavy atom. The lowest BCUT2D eigenvalue weighted by atomic mass is 9.93. The van der Waals surface area contributed by atoms with Crippen LogP contribution in [0.2, 0.25) is 5.02 Å². The molecule has 0 saturated heterocycles. The number of amides is 2. The average molecular weight is 581 g/mol. The van der Waals surface area contributed by atoms with E-state index in [1.807, 2.05) is 48.2 Å². The van der Waals surface area contributed by atoms with E-state index in [-0.39, 0.29) is 24.4 Å². The van der Waals surface area contributed by atoms with Gasteiger partial charge in [-0.1, -0.05) is 62.1 Å². The summed E-state index contributed by atoms with van der Waals surface area (Å²) in [7, 11) is 0. The van der Waals surface area contributed by atoms with Crippen LogP contribution in [-0.4, -0.2) is 54.5 Å². The van der Waals surface area contributed by atoms with E-state index in [2.05, 4.69) is 30.5 Å². The lowest BCUT2D eigenvalue weighted by molar-refractivity contribution is -0.134. The van der Waals surface area contributed by atoms with E-state index in [1.54, 1.807) is 16.2 Å². The van der Waals surface area contributed by atoms with Crippen molar-refractivity contribution in [2.24, 2.45) is 0 Å². The van der Waals surface area contributed by atoms with Crippen molar-refractivity contribution in [2.45, 2.75) is 64.8 Å². The number of carbonyl (C=O) groups is 2. The van der Waals surface area contributed by atoms with Crippen LogP contribution in [0.5, 0.6) is 0 Å². The first kappa shape index (κ1) is 30.3. The number of rotatable bonds is 14. The molecule has 0 unspecified atom stereocenters. The Morgan fingerprint density at radius 3 is 2.50 bits per heavy atom. The maximum Gasteiger partial charge on any atom is 0.254 e. The predicted molar refractivity (Wildman–Crippen MR) is 164 cm³/mol. The molecule has 2 amide bonds. The standard InChI is InChI=1S/C33H41ClN2O3S/c1-3-5-6-7-9-25-10-12-27(13-11-25)33(38)35(20-8-22-39-4-2)24-31(37)36-21-18-30-29(19-23-40-30)32(36)26-14-16-28(34)17-15-26/h10-17,19,23,32H,3-9,18,20-22,24H2,1-2H3/t32-/m0/s1. The van der Waals surface area contributed by atoms with Crippen molar-refractivity contribution in [3.05, 3.63) is 92.1 Å². The normalized spacial score (nSPS) is 14.7. The number of halogens is 1. The number of unbranched alkanes of at least 4 members (excludes halogenated alkanes) is 3. The molecule has 0 aliphatic carbocycles. The van der Waals surface area contributed by atoms with E-state index in [0.717, 1.165) is 30.4 Å². The summed E-state index contributed by atoms with van der Waals surface area (Å²) in [6.45, 7) is 6.48. The minimum absolute atomic E-state index is 0.0350. The van der Waals surface area contributed by atoms with Crippen LogP contribution in [0.1, 0.15) is 83.9 Å². The zero-order valence-electron chi connectivity index (χ0n) is 23.7. The maximum absolute atomic E-state index is 13.9. The van der Waals surface area contributed by atoms with E-state index < -0.39 is 0 Å². The van der Waals surface area contributed by atoms with Gasteiger partial charge in [0.15, 0.2) is 0 Å². The molecule has 0 bridgehead atoms. The van der Waals surface area contributed by atoms with Crippen LogP contribution in [-0.2, 0) is 22.4 Å². The fourth-order valence-electron chi connectivity index (χ4n) is 5.35. The molecule has 1 aliphatic heterocycles.